The molecule has 0 amide bonds. The van der Waals surface area contributed by atoms with Crippen LogP contribution in [-0.2, 0) is 18.2 Å². The number of aryl methyl sites for hydroxylation is 1. The number of nitrogen functional groups attached to an aromatic ring is 1. The number of rotatable bonds is 7. The van der Waals surface area contributed by atoms with Crippen molar-refractivity contribution in [1.29, 1.82) is 5.26 Å². The molecule has 3 heterocycles. The van der Waals surface area contributed by atoms with Crippen molar-refractivity contribution in [3.8, 4) is 28.6 Å². The Kier molecular flexibility index (Phi) is 6.55. The molecular weight excluding hydrogens is 444 g/mol. The molecule has 0 unspecified atom stereocenters. The van der Waals surface area contributed by atoms with Gasteiger partial charge >= 0.3 is 0 Å². The molecule has 0 saturated heterocycles. The van der Waals surface area contributed by atoms with Gasteiger partial charge in [0.2, 0.25) is 5.95 Å². The fourth-order valence-corrected chi connectivity index (χ4v) is 6.32. The number of hydrogen-bond acceptors (Lipinski definition) is 9. The van der Waals surface area contributed by atoms with Crippen LogP contribution in [-0.4, -0.2) is 53.7 Å². The second-order valence-corrected chi connectivity index (χ2v) is 10.8. The number of nitriles is 1. The molecule has 32 heavy (non-hydrogen) atoms. The predicted octanol–water partition coefficient (Wildman–Crippen LogP) is 2.81. The molecular formula is C21H24N8OS2. The highest BCUT2D eigenvalue weighted by atomic mass is 32.3. The van der Waals surface area contributed by atoms with Gasteiger partial charge in [0.05, 0.1) is 17.0 Å². The molecule has 3 aromatic rings. The zero-order chi connectivity index (χ0) is 22.8. The van der Waals surface area contributed by atoms with Crippen LogP contribution in [0.15, 0.2) is 29.6 Å². The van der Waals surface area contributed by atoms with Crippen LogP contribution < -0.4 is 10.6 Å². The molecule has 2 N–H and O–H groups in total. The molecule has 11 heteroatoms. The number of nitrogens with zero attached hydrogens (tertiary/aromatic N) is 7. The van der Waals surface area contributed by atoms with E-state index in [9.17, 15) is 9.81 Å². The molecule has 1 aliphatic carbocycles. The van der Waals surface area contributed by atoms with Crippen LogP contribution >= 0.6 is 11.8 Å². The molecule has 1 aliphatic rings. The number of pyridine rings is 1. The minimum Gasteiger partial charge on any atom is -0.615 e. The molecule has 166 valence electrons. The third-order valence-corrected chi connectivity index (χ3v) is 8.59. The SMILES string of the molecule is CN(C)c1cc(-c2cc(-c3cnc(N)nc3)nc(SC[S@+]([O-])C3CCC3)c2C#N)n(C)n1. The third-order valence-electron chi connectivity index (χ3n) is 5.40. The van der Waals surface area contributed by atoms with E-state index in [2.05, 4.69) is 21.1 Å². The van der Waals surface area contributed by atoms with E-state index in [0.29, 0.717) is 32.5 Å². The zero-order valence-electron chi connectivity index (χ0n) is 18.1. The monoisotopic (exact) mass is 468 g/mol. The summed E-state index contributed by atoms with van der Waals surface area (Å²) in [5, 5.41) is 15.8. The molecule has 0 bridgehead atoms. The Hall–Kier alpha value is -2.81. The van der Waals surface area contributed by atoms with Crippen LogP contribution in [0.5, 0.6) is 0 Å². The van der Waals surface area contributed by atoms with Crippen LogP contribution in [0.2, 0.25) is 0 Å². The predicted molar refractivity (Wildman–Crippen MR) is 127 cm³/mol. The van der Waals surface area contributed by atoms with E-state index in [1.807, 2.05) is 38.2 Å². The van der Waals surface area contributed by atoms with Crippen LogP contribution in [0, 0.1) is 11.3 Å². The van der Waals surface area contributed by atoms with Gasteiger partial charge < -0.3 is 15.2 Å². The molecule has 9 nitrogen and oxygen atoms in total. The molecule has 1 saturated carbocycles. The highest BCUT2D eigenvalue weighted by molar-refractivity contribution is 8.12. The molecule has 0 aliphatic heterocycles. The van der Waals surface area contributed by atoms with E-state index < -0.39 is 11.2 Å². The Morgan fingerprint density at radius 3 is 2.59 bits per heavy atom. The van der Waals surface area contributed by atoms with E-state index in [-0.39, 0.29) is 11.2 Å². The lowest BCUT2D eigenvalue weighted by Gasteiger charge is -2.27. The first-order chi connectivity index (χ1) is 15.4. The Labute approximate surface area is 194 Å². The molecule has 1 fully saturated rings. The van der Waals surface area contributed by atoms with Gasteiger partial charge in [-0.1, -0.05) is 11.8 Å². The van der Waals surface area contributed by atoms with E-state index in [1.54, 1.807) is 17.1 Å². The summed E-state index contributed by atoms with van der Waals surface area (Å²) in [5.74, 6) is 0.955. The second-order valence-electron chi connectivity index (χ2n) is 7.78. The van der Waals surface area contributed by atoms with Gasteiger partial charge in [0.25, 0.3) is 0 Å². The summed E-state index contributed by atoms with van der Waals surface area (Å²) in [6, 6.07) is 6.08. The maximum atomic E-state index is 12.6. The summed E-state index contributed by atoms with van der Waals surface area (Å²) in [5.41, 5.74) is 8.86. The fraction of sp³-hybridized carbons (Fsp3) is 0.381. The molecule has 0 radical (unpaired) electrons. The first-order valence-corrected chi connectivity index (χ1v) is 12.5. The van der Waals surface area contributed by atoms with Crippen molar-refractivity contribution < 1.29 is 4.55 Å². The molecule has 1 atom stereocenters. The Bertz CT molecular complexity index is 1150. The average Bonchev–Trinajstić information content (AvgIpc) is 3.12. The van der Waals surface area contributed by atoms with Crippen molar-refractivity contribution in [1.82, 2.24) is 24.7 Å². The second kappa shape index (κ2) is 9.36. The Morgan fingerprint density at radius 2 is 2.03 bits per heavy atom. The van der Waals surface area contributed by atoms with Gasteiger partial charge in [0.1, 0.15) is 16.3 Å². The third kappa shape index (κ3) is 4.53. The summed E-state index contributed by atoms with van der Waals surface area (Å²) in [4.78, 5) is 14.8. The van der Waals surface area contributed by atoms with E-state index in [1.165, 1.54) is 11.8 Å². The lowest BCUT2D eigenvalue weighted by atomic mass is 10.0. The van der Waals surface area contributed by atoms with Gasteiger partial charge in [0, 0.05) is 50.7 Å². The van der Waals surface area contributed by atoms with Crippen LogP contribution in [0.1, 0.15) is 24.8 Å². The minimum absolute atomic E-state index is 0.176. The summed E-state index contributed by atoms with van der Waals surface area (Å²) >= 11 is 0.405. The van der Waals surface area contributed by atoms with Gasteiger partial charge in [-0.25, -0.2) is 15.0 Å². The fourth-order valence-electron chi connectivity index (χ4n) is 3.32. The van der Waals surface area contributed by atoms with Crippen molar-refractivity contribution in [2.75, 3.05) is 29.8 Å². The van der Waals surface area contributed by atoms with Crippen molar-refractivity contribution in [2.24, 2.45) is 7.05 Å². The van der Waals surface area contributed by atoms with Crippen molar-refractivity contribution >= 4 is 34.7 Å². The lowest BCUT2D eigenvalue weighted by Crippen LogP contribution is -2.29. The van der Waals surface area contributed by atoms with Crippen molar-refractivity contribution in [3.63, 3.8) is 0 Å². The summed E-state index contributed by atoms with van der Waals surface area (Å²) in [6.45, 7) is 0. The number of hydrogen-bond donors (Lipinski definition) is 1. The Morgan fingerprint density at radius 1 is 1.31 bits per heavy atom. The van der Waals surface area contributed by atoms with Gasteiger partial charge in [0.15, 0.2) is 10.9 Å². The van der Waals surface area contributed by atoms with Crippen LogP contribution in [0.3, 0.4) is 0 Å². The first kappa shape index (κ1) is 22.4. The van der Waals surface area contributed by atoms with E-state index in [0.717, 1.165) is 30.8 Å². The van der Waals surface area contributed by atoms with E-state index in [4.69, 9.17) is 10.7 Å². The molecule has 0 spiro atoms. The zero-order valence-corrected chi connectivity index (χ0v) is 19.8. The largest absolute Gasteiger partial charge is 0.615 e. The lowest BCUT2D eigenvalue weighted by molar-refractivity contribution is 0.479. The quantitative estimate of drug-likeness (QED) is 0.410. The Balaban J connectivity index is 1.80. The van der Waals surface area contributed by atoms with Gasteiger partial charge in [-0.05, 0) is 36.5 Å². The normalized spacial score (nSPS) is 14.6. The van der Waals surface area contributed by atoms with E-state index >= 15 is 0 Å². The van der Waals surface area contributed by atoms with Gasteiger partial charge in [-0.2, -0.15) is 10.4 Å². The average molecular weight is 469 g/mol. The highest BCUT2D eigenvalue weighted by Gasteiger charge is 2.30. The topological polar surface area (TPSA) is 133 Å². The molecule has 4 rings (SSSR count). The summed E-state index contributed by atoms with van der Waals surface area (Å²) < 4.78 is 14.3. The number of thioether (sulfide) groups is 1. The standard InChI is InChI=1S/C21H24N8OS2/c1-28(2)19-8-18(29(3)27-19)15-7-17(13-10-24-21(23)25-11-13)26-20(16(15)9-22)31-12-32(30)14-5-4-6-14/h7-8,10-11,14H,4-6,12H2,1-3H3,(H2,23,24,25)/t32-/m0/s1. The molecule has 3 aromatic heterocycles. The van der Waals surface area contributed by atoms with Crippen molar-refractivity contribution in [3.05, 3.63) is 30.1 Å². The van der Waals surface area contributed by atoms with Gasteiger partial charge in [-0.15, -0.1) is 0 Å². The summed E-state index contributed by atoms with van der Waals surface area (Å²) in [6.07, 6.45) is 6.35. The van der Waals surface area contributed by atoms with Crippen LogP contribution in [0.4, 0.5) is 11.8 Å². The molecule has 0 aromatic carbocycles. The van der Waals surface area contributed by atoms with Crippen LogP contribution in [0.25, 0.3) is 22.5 Å². The number of anilines is 2. The minimum atomic E-state index is -0.952. The first-order valence-electron chi connectivity index (χ1n) is 10.1. The van der Waals surface area contributed by atoms with Gasteiger partial charge in [-0.3, -0.25) is 4.68 Å². The highest BCUT2D eigenvalue weighted by Crippen LogP contribution is 2.37. The summed E-state index contributed by atoms with van der Waals surface area (Å²) in [7, 11) is 5.67. The number of aromatic nitrogens is 5. The van der Waals surface area contributed by atoms with Crippen molar-refractivity contribution in [2.45, 2.75) is 29.5 Å². The maximum Gasteiger partial charge on any atom is 0.219 e. The maximum absolute atomic E-state index is 12.6. The smallest absolute Gasteiger partial charge is 0.219 e. The number of nitrogens with two attached hydrogens (primary N) is 1.